The van der Waals surface area contributed by atoms with Crippen LogP contribution in [0, 0.1) is 0 Å². The number of hydrogen-bond acceptors (Lipinski definition) is 3. The summed E-state index contributed by atoms with van der Waals surface area (Å²) < 4.78 is 10.4. The van der Waals surface area contributed by atoms with Crippen molar-refractivity contribution in [2.75, 3.05) is 20.1 Å². The van der Waals surface area contributed by atoms with Gasteiger partial charge in [0.25, 0.3) is 5.95 Å². The van der Waals surface area contributed by atoms with Gasteiger partial charge in [-0.3, -0.25) is 0 Å². The number of furan rings is 1. The smallest absolute Gasteiger partial charge is 0.434 e. The molecule has 0 spiro atoms. The molecule has 0 atom stereocenters. The Hall–Kier alpha value is -1.29. The zero-order valence-electron chi connectivity index (χ0n) is 8.23. The highest BCUT2D eigenvalue weighted by Gasteiger charge is 2.38. The topological polar surface area (TPSA) is 39.4 Å². The van der Waals surface area contributed by atoms with E-state index in [1.54, 1.807) is 12.1 Å². The minimum absolute atomic E-state index is 0.225. The Labute approximate surface area is 82.7 Å². The molecule has 0 radical (unpaired) electrons. The highest BCUT2D eigenvalue weighted by molar-refractivity contribution is 5.62. The second kappa shape index (κ2) is 3.46. The molecule has 2 heterocycles. The van der Waals surface area contributed by atoms with Gasteiger partial charge in [-0.1, -0.05) is 0 Å². The maximum absolute atomic E-state index is 11.7. The number of nitrogens with zero attached hydrogens (tertiary/aromatic N) is 1. The molecule has 1 aliphatic rings. The second-order valence-corrected chi connectivity index (χ2v) is 3.85. The normalized spacial score (nSPS) is 19.5. The third-order valence-corrected chi connectivity index (χ3v) is 2.68. The molecular formula is C10H14NO3+. The van der Waals surface area contributed by atoms with Gasteiger partial charge >= 0.3 is 6.09 Å². The Morgan fingerprint density at radius 2 is 2.21 bits per heavy atom. The molecule has 76 valence electrons. The van der Waals surface area contributed by atoms with Gasteiger partial charge in [0.15, 0.2) is 0 Å². The number of carbonyl (C=O) groups is 1. The Bertz CT molecular complexity index is 312. The molecule has 0 aromatic carbocycles. The highest BCUT2D eigenvalue weighted by atomic mass is 16.6. The minimum Gasteiger partial charge on any atom is -0.434 e. The quantitative estimate of drug-likeness (QED) is 0.645. The van der Waals surface area contributed by atoms with Crippen molar-refractivity contribution in [1.29, 1.82) is 0 Å². The van der Waals surface area contributed by atoms with E-state index < -0.39 is 0 Å². The summed E-state index contributed by atoms with van der Waals surface area (Å²) in [4.78, 5) is 11.7. The van der Waals surface area contributed by atoms with E-state index in [9.17, 15) is 4.79 Å². The molecule has 14 heavy (non-hydrogen) atoms. The van der Waals surface area contributed by atoms with Crippen LogP contribution >= 0.6 is 0 Å². The first-order valence-electron chi connectivity index (χ1n) is 4.81. The highest BCUT2D eigenvalue weighted by Crippen LogP contribution is 2.20. The lowest BCUT2D eigenvalue weighted by molar-refractivity contribution is -0.822. The monoisotopic (exact) mass is 196 g/mol. The fourth-order valence-corrected chi connectivity index (χ4v) is 1.73. The number of rotatable bonds is 1. The van der Waals surface area contributed by atoms with E-state index in [2.05, 4.69) is 0 Å². The Balaban J connectivity index is 2.02. The van der Waals surface area contributed by atoms with E-state index >= 15 is 0 Å². The van der Waals surface area contributed by atoms with Gasteiger partial charge in [-0.15, -0.1) is 0 Å². The zero-order chi connectivity index (χ0) is 10.0. The van der Waals surface area contributed by atoms with E-state index in [1.807, 2.05) is 7.05 Å². The lowest BCUT2D eigenvalue weighted by atomic mass is 10.4. The van der Waals surface area contributed by atoms with Crippen LogP contribution in [0.25, 0.3) is 0 Å². The van der Waals surface area contributed by atoms with Crippen molar-refractivity contribution >= 4 is 6.09 Å². The molecule has 1 fully saturated rings. The molecule has 2 rings (SSSR count). The predicted octanol–water partition coefficient (Wildman–Crippen LogP) is 2.02. The van der Waals surface area contributed by atoms with Gasteiger partial charge in [0.05, 0.1) is 26.4 Å². The summed E-state index contributed by atoms with van der Waals surface area (Å²) in [7, 11) is 1.90. The first kappa shape index (κ1) is 9.27. The summed E-state index contributed by atoms with van der Waals surface area (Å²) in [5.41, 5.74) is 0. The lowest BCUT2D eigenvalue weighted by Gasteiger charge is -2.23. The average Bonchev–Trinajstić information content (AvgIpc) is 2.76. The van der Waals surface area contributed by atoms with E-state index in [-0.39, 0.29) is 12.0 Å². The summed E-state index contributed by atoms with van der Waals surface area (Å²) >= 11 is 0. The third kappa shape index (κ3) is 1.65. The molecule has 0 N–H and O–H groups in total. The average molecular weight is 196 g/mol. The molecule has 0 unspecified atom stereocenters. The van der Waals surface area contributed by atoms with Crippen LogP contribution in [-0.4, -0.2) is 30.7 Å². The Morgan fingerprint density at radius 3 is 2.79 bits per heavy atom. The molecule has 1 aromatic heterocycles. The maximum atomic E-state index is 11.7. The molecule has 1 saturated heterocycles. The second-order valence-electron chi connectivity index (χ2n) is 3.85. The van der Waals surface area contributed by atoms with E-state index in [4.69, 9.17) is 9.15 Å². The van der Waals surface area contributed by atoms with Crippen LogP contribution in [0.15, 0.2) is 22.8 Å². The summed E-state index contributed by atoms with van der Waals surface area (Å²) in [5, 5.41) is 0. The van der Waals surface area contributed by atoms with Crippen molar-refractivity contribution in [2.24, 2.45) is 0 Å². The van der Waals surface area contributed by atoms with Gasteiger partial charge in [0, 0.05) is 18.9 Å². The number of carbonyl (C=O) groups excluding carboxylic acids is 1. The fourth-order valence-electron chi connectivity index (χ4n) is 1.73. The molecule has 4 heteroatoms. The van der Waals surface area contributed by atoms with Crippen molar-refractivity contribution in [3.63, 3.8) is 0 Å². The van der Waals surface area contributed by atoms with Crippen LogP contribution in [0.1, 0.15) is 12.8 Å². The van der Waals surface area contributed by atoms with Gasteiger partial charge in [0.1, 0.15) is 0 Å². The van der Waals surface area contributed by atoms with Crippen molar-refractivity contribution < 1.29 is 18.4 Å². The van der Waals surface area contributed by atoms with Crippen molar-refractivity contribution in [3.8, 4) is 5.95 Å². The van der Waals surface area contributed by atoms with Gasteiger partial charge in [-0.2, -0.15) is 4.79 Å². The molecule has 4 nitrogen and oxygen atoms in total. The summed E-state index contributed by atoms with van der Waals surface area (Å²) in [6.45, 7) is 1.72. The van der Waals surface area contributed by atoms with E-state index in [0.29, 0.717) is 4.48 Å². The molecule has 0 aliphatic carbocycles. The van der Waals surface area contributed by atoms with Gasteiger partial charge in [0.2, 0.25) is 0 Å². The lowest BCUT2D eigenvalue weighted by Crippen LogP contribution is -2.48. The van der Waals surface area contributed by atoms with Crippen LogP contribution in [0.4, 0.5) is 4.79 Å². The molecule has 0 bridgehead atoms. The van der Waals surface area contributed by atoms with Crippen molar-refractivity contribution in [1.82, 2.24) is 0 Å². The standard InChI is InChI=1S/C10H14NO3/c1-11(6-2-3-7-11)10(12)14-9-5-4-8-13-9/h4-5,8H,2-3,6-7H2,1H3/q+1. The summed E-state index contributed by atoms with van der Waals surface area (Å²) in [6.07, 6.45) is 3.44. The van der Waals surface area contributed by atoms with Gasteiger partial charge in [-0.25, -0.2) is 4.48 Å². The first-order valence-corrected chi connectivity index (χ1v) is 4.81. The first-order chi connectivity index (χ1) is 6.71. The summed E-state index contributed by atoms with van der Waals surface area (Å²) in [6, 6.07) is 3.34. The molecular weight excluding hydrogens is 182 g/mol. The predicted molar refractivity (Wildman–Crippen MR) is 49.9 cm³/mol. The third-order valence-electron chi connectivity index (χ3n) is 2.68. The van der Waals surface area contributed by atoms with E-state index in [0.717, 1.165) is 25.9 Å². The van der Waals surface area contributed by atoms with Crippen molar-refractivity contribution in [3.05, 3.63) is 18.4 Å². The van der Waals surface area contributed by atoms with Crippen LogP contribution in [-0.2, 0) is 0 Å². The molecule has 1 aliphatic heterocycles. The van der Waals surface area contributed by atoms with Gasteiger partial charge < -0.3 is 9.15 Å². The fraction of sp³-hybridized carbons (Fsp3) is 0.500. The molecule has 1 amide bonds. The summed E-state index contributed by atoms with van der Waals surface area (Å²) in [5.74, 6) is 0.279. The number of amides is 1. The Kier molecular flexibility index (Phi) is 2.29. The van der Waals surface area contributed by atoms with Crippen LogP contribution in [0.3, 0.4) is 0 Å². The van der Waals surface area contributed by atoms with Crippen LogP contribution in [0.5, 0.6) is 5.95 Å². The largest absolute Gasteiger partial charge is 0.523 e. The maximum Gasteiger partial charge on any atom is 0.523 e. The number of hydrogen-bond donors (Lipinski definition) is 0. The number of ether oxygens (including phenoxy) is 1. The SMILES string of the molecule is C[N+]1(C(=O)Oc2ccco2)CCCC1. The molecule has 0 saturated carbocycles. The number of quaternary nitrogens is 1. The Morgan fingerprint density at radius 1 is 1.50 bits per heavy atom. The van der Waals surface area contributed by atoms with Crippen molar-refractivity contribution in [2.45, 2.75) is 12.8 Å². The zero-order valence-corrected chi connectivity index (χ0v) is 8.23. The minimum atomic E-state index is -0.225. The van der Waals surface area contributed by atoms with Crippen LogP contribution in [0.2, 0.25) is 0 Å². The molecule has 1 aromatic rings. The van der Waals surface area contributed by atoms with Gasteiger partial charge in [-0.05, 0) is 6.07 Å². The number of likely N-dealkylation sites (tertiary alicyclic amines) is 1. The van der Waals surface area contributed by atoms with E-state index in [1.165, 1.54) is 6.26 Å². The van der Waals surface area contributed by atoms with Crippen LogP contribution < -0.4 is 4.74 Å².